The third-order valence-corrected chi connectivity index (χ3v) is 3.28. The van der Waals surface area contributed by atoms with Crippen molar-refractivity contribution in [2.75, 3.05) is 5.43 Å². The Morgan fingerprint density at radius 2 is 1.24 bits per heavy atom. The summed E-state index contributed by atoms with van der Waals surface area (Å²) in [5.74, 6) is 7.22. The minimum atomic E-state index is 0.484. The Morgan fingerprint density at radius 1 is 0.824 bits per heavy atom. The van der Waals surface area contributed by atoms with Crippen LogP contribution in [-0.2, 0) is 0 Å². The number of hydrogen-bond acceptors (Lipinski definition) is 2. The molecule has 2 heteroatoms. The summed E-state index contributed by atoms with van der Waals surface area (Å²) in [4.78, 5) is 0. The number of nitrogens with two attached hydrogens (primary N) is 1. The number of nitrogens with one attached hydrogen (secondary N) is 1. The Bertz CT molecular complexity index is 350. The number of hydrogen-bond donors (Lipinski definition) is 2. The Balaban J connectivity index is 3.46. The Labute approximate surface area is 106 Å². The highest BCUT2D eigenvalue weighted by atomic mass is 15.2. The Kier molecular flexibility index (Phi) is 4.58. The van der Waals surface area contributed by atoms with Crippen molar-refractivity contribution >= 4 is 5.69 Å². The molecule has 3 N–H and O–H groups in total. The average Bonchev–Trinajstić information content (AvgIpc) is 2.26. The van der Waals surface area contributed by atoms with Crippen molar-refractivity contribution in [3.05, 3.63) is 28.8 Å². The zero-order chi connectivity index (χ0) is 13.2. The molecule has 0 bridgehead atoms. The van der Waals surface area contributed by atoms with Crippen molar-refractivity contribution in [1.29, 1.82) is 0 Å². The fraction of sp³-hybridized carbons (Fsp3) is 0.600. The van der Waals surface area contributed by atoms with Crippen molar-refractivity contribution in [3.63, 3.8) is 0 Å². The summed E-state index contributed by atoms with van der Waals surface area (Å²) in [5, 5.41) is 0. The van der Waals surface area contributed by atoms with Crippen LogP contribution in [0, 0.1) is 0 Å². The number of anilines is 1. The monoisotopic (exact) mass is 234 g/mol. The van der Waals surface area contributed by atoms with E-state index in [-0.39, 0.29) is 0 Å². The maximum absolute atomic E-state index is 5.70. The van der Waals surface area contributed by atoms with E-state index in [0.29, 0.717) is 17.8 Å². The van der Waals surface area contributed by atoms with E-state index in [4.69, 9.17) is 5.84 Å². The molecule has 96 valence electrons. The minimum absolute atomic E-state index is 0.484. The molecule has 0 aliphatic carbocycles. The molecule has 1 aromatic rings. The number of rotatable bonds is 4. The van der Waals surface area contributed by atoms with Crippen molar-refractivity contribution < 1.29 is 0 Å². The molecule has 0 spiro atoms. The Morgan fingerprint density at radius 3 is 1.47 bits per heavy atom. The molecule has 0 radical (unpaired) electrons. The molecule has 0 amide bonds. The molecule has 0 aliphatic heterocycles. The van der Waals surface area contributed by atoms with Gasteiger partial charge in [0.15, 0.2) is 0 Å². The van der Waals surface area contributed by atoms with Gasteiger partial charge >= 0.3 is 0 Å². The topological polar surface area (TPSA) is 38.0 Å². The summed E-state index contributed by atoms with van der Waals surface area (Å²) in [6, 6.07) is 4.58. The first-order valence-electron chi connectivity index (χ1n) is 6.52. The summed E-state index contributed by atoms with van der Waals surface area (Å²) >= 11 is 0. The molecule has 0 aliphatic rings. The Hall–Kier alpha value is -1.02. The van der Waals surface area contributed by atoms with Crippen LogP contribution in [0.5, 0.6) is 0 Å². The van der Waals surface area contributed by atoms with E-state index < -0.39 is 0 Å². The van der Waals surface area contributed by atoms with E-state index in [1.165, 1.54) is 16.7 Å². The molecule has 1 rings (SSSR count). The number of benzene rings is 1. The summed E-state index contributed by atoms with van der Waals surface area (Å²) in [6.07, 6.45) is 0. The van der Waals surface area contributed by atoms with Gasteiger partial charge in [-0.1, -0.05) is 53.7 Å². The second kappa shape index (κ2) is 5.54. The molecular formula is C15H26N2. The van der Waals surface area contributed by atoms with Gasteiger partial charge in [-0.2, -0.15) is 0 Å². The summed E-state index contributed by atoms with van der Waals surface area (Å²) in [6.45, 7) is 13.3. The lowest BCUT2D eigenvalue weighted by molar-refractivity contribution is 0.805. The van der Waals surface area contributed by atoms with Gasteiger partial charge in [0.1, 0.15) is 0 Å². The van der Waals surface area contributed by atoms with Crippen LogP contribution in [0.15, 0.2) is 12.1 Å². The minimum Gasteiger partial charge on any atom is -0.324 e. The lowest BCUT2D eigenvalue weighted by Crippen LogP contribution is -2.14. The molecule has 0 saturated carbocycles. The molecule has 17 heavy (non-hydrogen) atoms. The first-order valence-corrected chi connectivity index (χ1v) is 6.52. The third kappa shape index (κ3) is 3.01. The normalized spacial score (nSPS) is 11.6. The van der Waals surface area contributed by atoms with Crippen molar-refractivity contribution in [1.82, 2.24) is 0 Å². The highest BCUT2D eigenvalue weighted by molar-refractivity contribution is 5.61. The average molecular weight is 234 g/mol. The first kappa shape index (κ1) is 14.0. The van der Waals surface area contributed by atoms with Crippen LogP contribution in [-0.4, -0.2) is 0 Å². The largest absolute Gasteiger partial charge is 0.324 e. The van der Waals surface area contributed by atoms with Crippen LogP contribution < -0.4 is 11.3 Å². The van der Waals surface area contributed by atoms with Gasteiger partial charge in [0.2, 0.25) is 0 Å². The fourth-order valence-corrected chi connectivity index (χ4v) is 2.12. The predicted octanol–water partition coefficient (Wildman–Crippen LogP) is 4.34. The molecule has 1 aromatic carbocycles. The SMILES string of the molecule is CC(C)c1cc(C(C)C)c(NN)c(C(C)C)c1. The first-order chi connectivity index (χ1) is 7.88. The fourth-order valence-electron chi connectivity index (χ4n) is 2.12. The van der Waals surface area contributed by atoms with Crippen LogP contribution in [0.3, 0.4) is 0 Å². The molecule has 0 aromatic heterocycles. The lowest BCUT2D eigenvalue weighted by Gasteiger charge is -2.22. The second-order valence-electron chi connectivity index (χ2n) is 5.68. The molecule has 0 saturated heterocycles. The molecular weight excluding hydrogens is 208 g/mol. The highest BCUT2D eigenvalue weighted by Gasteiger charge is 2.16. The standard InChI is InChI=1S/C15H26N2/c1-9(2)12-7-13(10(3)4)15(17-16)14(8-12)11(5)6/h7-11,17H,16H2,1-6H3. The second-order valence-corrected chi connectivity index (χ2v) is 5.68. The van der Waals surface area contributed by atoms with Crippen LogP contribution in [0.4, 0.5) is 5.69 Å². The molecule has 2 nitrogen and oxygen atoms in total. The zero-order valence-electron chi connectivity index (χ0n) is 12.0. The zero-order valence-corrected chi connectivity index (χ0v) is 12.0. The van der Waals surface area contributed by atoms with Gasteiger partial charge in [-0.05, 0) is 34.4 Å². The molecule has 0 fully saturated rings. The molecule has 0 unspecified atom stereocenters. The maximum Gasteiger partial charge on any atom is 0.0554 e. The van der Waals surface area contributed by atoms with Crippen molar-refractivity contribution in [3.8, 4) is 0 Å². The van der Waals surface area contributed by atoms with Crippen LogP contribution in [0.2, 0.25) is 0 Å². The molecule has 0 atom stereocenters. The van der Waals surface area contributed by atoms with Crippen molar-refractivity contribution in [2.24, 2.45) is 5.84 Å². The maximum atomic E-state index is 5.70. The molecule has 0 heterocycles. The number of nitrogen functional groups attached to an aromatic ring is 1. The summed E-state index contributed by atoms with van der Waals surface area (Å²) in [5.41, 5.74) is 8.05. The van der Waals surface area contributed by atoms with Gasteiger partial charge in [-0.25, -0.2) is 0 Å². The van der Waals surface area contributed by atoms with E-state index in [1.54, 1.807) is 0 Å². The summed E-state index contributed by atoms with van der Waals surface area (Å²) < 4.78 is 0. The third-order valence-electron chi connectivity index (χ3n) is 3.28. The van der Waals surface area contributed by atoms with Gasteiger partial charge in [0, 0.05) is 0 Å². The van der Waals surface area contributed by atoms with Crippen molar-refractivity contribution in [2.45, 2.75) is 59.3 Å². The number of hydrazine groups is 1. The van der Waals surface area contributed by atoms with Gasteiger partial charge < -0.3 is 5.43 Å². The van der Waals surface area contributed by atoms with E-state index in [1.807, 2.05) is 0 Å². The quantitative estimate of drug-likeness (QED) is 0.600. The van der Waals surface area contributed by atoms with E-state index >= 15 is 0 Å². The predicted molar refractivity (Wildman–Crippen MR) is 76.5 cm³/mol. The van der Waals surface area contributed by atoms with Crippen LogP contribution in [0.1, 0.15) is 76.0 Å². The summed E-state index contributed by atoms with van der Waals surface area (Å²) in [7, 11) is 0. The highest BCUT2D eigenvalue weighted by Crippen LogP contribution is 2.35. The van der Waals surface area contributed by atoms with E-state index in [0.717, 1.165) is 5.69 Å². The van der Waals surface area contributed by atoms with E-state index in [9.17, 15) is 0 Å². The van der Waals surface area contributed by atoms with Gasteiger partial charge in [-0.3, -0.25) is 5.84 Å². The van der Waals surface area contributed by atoms with Gasteiger partial charge in [0.25, 0.3) is 0 Å². The van der Waals surface area contributed by atoms with Gasteiger partial charge in [0.05, 0.1) is 5.69 Å². The van der Waals surface area contributed by atoms with E-state index in [2.05, 4.69) is 59.1 Å². The van der Waals surface area contributed by atoms with Crippen LogP contribution in [0.25, 0.3) is 0 Å². The lowest BCUT2D eigenvalue weighted by atomic mass is 9.87. The van der Waals surface area contributed by atoms with Gasteiger partial charge in [-0.15, -0.1) is 0 Å². The van der Waals surface area contributed by atoms with Crippen LogP contribution >= 0.6 is 0 Å². The smallest absolute Gasteiger partial charge is 0.0554 e.